The Morgan fingerprint density at radius 1 is 0.900 bits per heavy atom. The first kappa shape index (κ1) is 23.1. The fraction of sp³-hybridized carbons (Fsp3) is 0.391. The van der Waals surface area contributed by atoms with Crippen LogP contribution >= 0.6 is 0 Å². The van der Waals surface area contributed by atoms with E-state index in [1.54, 1.807) is 6.92 Å². The van der Waals surface area contributed by atoms with E-state index in [1.807, 2.05) is 24.3 Å². The molecule has 0 aliphatic rings. The van der Waals surface area contributed by atoms with E-state index >= 15 is 0 Å². The van der Waals surface area contributed by atoms with E-state index in [0.717, 1.165) is 0 Å². The van der Waals surface area contributed by atoms with Crippen LogP contribution in [0.25, 0.3) is 0 Å². The third-order valence-electron chi connectivity index (χ3n) is 4.69. The van der Waals surface area contributed by atoms with Gasteiger partial charge in [0.1, 0.15) is 6.04 Å². The van der Waals surface area contributed by atoms with Gasteiger partial charge in [0.15, 0.2) is 11.5 Å². The van der Waals surface area contributed by atoms with Crippen molar-refractivity contribution >= 4 is 17.5 Å². The van der Waals surface area contributed by atoms with Gasteiger partial charge in [-0.05, 0) is 42.2 Å². The van der Waals surface area contributed by atoms with Gasteiger partial charge in [-0.3, -0.25) is 9.59 Å². The summed E-state index contributed by atoms with van der Waals surface area (Å²) in [4.78, 5) is 25.2. The number of ether oxygens (including phenoxy) is 3. The first-order valence-electron chi connectivity index (χ1n) is 9.63. The highest BCUT2D eigenvalue weighted by atomic mass is 16.5. The van der Waals surface area contributed by atoms with Crippen LogP contribution < -0.4 is 24.8 Å². The molecule has 2 N–H and O–H groups in total. The van der Waals surface area contributed by atoms with Crippen LogP contribution in [0.1, 0.15) is 43.6 Å². The van der Waals surface area contributed by atoms with Crippen LogP contribution in [0, 0.1) is 0 Å². The van der Waals surface area contributed by atoms with Gasteiger partial charge < -0.3 is 24.8 Å². The van der Waals surface area contributed by atoms with Gasteiger partial charge in [0.25, 0.3) is 5.91 Å². The zero-order valence-electron chi connectivity index (χ0n) is 18.6. The van der Waals surface area contributed by atoms with Crippen molar-refractivity contribution in [1.29, 1.82) is 0 Å². The Labute approximate surface area is 177 Å². The maximum absolute atomic E-state index is 12.7. The second-order valence-electron chi connectivity index (χ2n) is 7.93. The Morgan fingerprint density at radius 2 is 1.43 bits per heavy atom. The molecule has 2 rings (SSSR count). The molecule has 0 aliphatic carbocycles. The van der Waals surface area contributed by atoms with Gasteiger partial charge in [-0.15, -0.1) is 0 Å². The molecule has 0 unspecified atom stereocenters. The van der Waals surface area contributed by atoms with Crippen molar-refractivity contribution in [1.82, 2.24) is 5.32 Å². The lowest BCUT2D eigenvalue weighted by Gasteiger charge is -2.20. The number of methoxy groups -OCH3 is 3. The Balaban J connectivity index is 2.09. The van der Waals surface area contributed by atoms with Crippen molar-refractivity contribution in [3.8, 4) is 17.2 Å². The smallest absolute Gasteiger partial charge is 0.252 e. The maximum atomic E-state index is 12.7. The van der Waals surface area contributed by atoms with Gasteiger partial charge in [0, 0.05) is 11.3 Å². The molecule has 0 saturated heterocycles. The van der Waals surface area contributed by atoms with Crippen LogP contribution in [0.15, 0.2) is 36.4 Å². The first-order valence-corrected chi connectivity index (χ1v) is 9.63. The molecular weight excluding hydrogens is 384 g/mol. The molecule has 0 aliphatic heterocycles. The lowest BCUT2D eigenvalue weighted by molar-refractivity contribution is -0.117. The summed E-state index contributed by atoms with van der Waals surface area (Å²) in [5, 5.41) is 5.51. The fourth-order valence-corrected chi connectivity index (χ4v) is 2.86. The SMILES string of the molecule is COc1cc(C(=O)N[C@@H](C)C(=O)Nc2ccc(C(C)(C)C)cc2)cc(OC)c1OC. The van der Waals surface area contributed by atoms with E-state index in [4.69, 9.17) is 14.2 Å². The molecule has 2 aromatic carbocycles. The topological polar surface area (TPSA) is 85.9 Å². The number of benzene rings is 2. The normalized spacial score (nSPS) is 12.0. The summed E-state index contributed by atoms with van der Waals surface area (Å²) in [5.41, 5.74) is 2.16. The summed E-state index contributed by atoms with van der Waals surface area (Å²) < 4.78 is 15.8. The lowest BCUT2D eigenvalue weighted by Crippen LogP contribution is -2.41. The molecule has 0 aromatic heterocycles. The minimum absolute atomic E-state index is 0.0320. The largest absolute Gasteiger partial charge is 0.493 e. The van der Waals surface area contributed by atoms with E-state index in [9.17, 15) is 9.59 Å². The lowest BCUT2D eigenvalue weighted by atomic mass is 9.87. The van der Waals surface area contributed by atoms with E-state index in [2.05, 4.69) is 31.4 Å². The summed E-state index contributed by atoms with van der Waals surface area (Å²) in [6.45, 7) is 8.00. The molecule has 0 heterocycles. The van der Waals surface area contributed by atoms with Crippen molar-refractivity contribution < 1.29 is 23.8 Å². The van der Waals surface area contributed by atoms with Gasteiger partial charge in [-0.1, -0.05) is 32.9 Å². The van der Waals surface area contributed by atoms with Crippen LogP contribution in [0.2, 0.25) is 0 Å². The zero-order chi connectivity index (χ0) is 22.5. The van der Waals surface area contributed by atoms with Gasteiger partial charge in [0.05, 0.1) is 21.3 Å². The van der Waals surface area contributed by atoms with Crippen molar-refractivity contribution in [2.75, 3.05) is 26.6 Å². The molecular formula is C23H30N2O5. The summed E-state index contributed by atoms with van der Waals surface area (Å²) in [6.07, 6.45) is 0. The second-order valence-corrected chi connectivity index (χ2v) is 7.93. The average Bonchev–Trinajstić information content (AvgIpc) is 2.72. The number of carbonyl (C=O) groups excluding carboxylic acids is 2. The highest BCUT2D eigenvalue weighted by Gasteiger charge is 2.21. The van der Waals surface area contributed by atoms with E-state index in [0.29, 0.717) is 28.5 Å². The first-order chi connectivity index (χ1) is 14.1. The highest BCUT2D eigenvalue weighted by molar-refractivity contribution is 6.01. The summed E-state index contributed by atoms with van der Waals surface area (Å²) >= 11 is 0. The number of hydrogen-bond donors (Lipinski definition) is 2. The molecule has 0 spiro atoms. The van der Waals surface area contributed by atoms with Gasteiger partial charge in [-0.25, -0.2) is 0 Å². The van der Waals surface area contributed by atoms with Gasteiger partial charge in [-0.2, -0.15) is 0 Å². The molecule has 0 fully saturated rings. The van der Waals surface area contributed by atoms with Crippen molar-refractivity contribution in [3.05, 3.63) is 47.5 Å². The summed E-state index contributed by atoms with van der Waals surface area (Å²) in [7, 11) is 4.43. The number of anilines is 1. The Hall–Kier alpha value is -3.22. The summed E-state index contributed by atoms with van der Waals surface area (Å²) in [5.74, 6) is 0.358. The molecule has 1 atom stereocenters. The number of nitrogens with one attached hydrogen (secondary N) is 2. The predicted octanol–water partition coefficient (Wildman–Crippen LogP) is 3.77. The molecule has 0 saturated carbocycles. The van der Waals surface area contributed by atoms with Crippen molar-refractivity contribution in [2.45, 2.75) is 39.2 Å². The van der Waals surface area contributed by atoms with E-state index < -0.39 is 11.9 Å². The average molecular weight is 415 g/mol. The van der Waals surface area contributed by atoms with Gasteiger partial charge in [0.2, 0.25) is 11.7 Å². The molecule has 2 aromatic rings. The minimum Gasteiger partial charge on any atom is -0.493 e. The quantitative estimate of drug-likeness (QED) is 0.720. The molecule has 7 heteroatoms. The van der Waals surface area contributed by atoms with Crippen molar-refractivity contribution in [3.63, 3.8) is 0 Å². The van der Waals surface area contributed by atoms with Crippen LogP contribution in [0.5, 0.6) is 17.2 Å². The van der Waals surface area contributed by atoms with Crippen LogP contribution in [0.4, 0.5) is 5.69 Å². The molecule has 162 valence electrons. The van der Waals surface area contributed by atoms with Crippen molar-refractivity contribution in [2.24, 2.45) is 0 Å². The fourth-order valence-electron chi connectivity index (χ4n) is 2.86. The van der Waals surface area contributed by atoms with E-state index in [1.165, 1.54) is 39.0 Å². The Kier molecular flexibility index (Phi) is 7.32. The maximum Gasteiger partial charge on any atom is 0.252 e. The minimum atomic E-state index is -0.751. The number of rotatable bonds is 7. The molecule has 0 radical (unpaired) electrons. The summed E-state index contributed by atoms with van der Waals surface area (Å²) in [6, 6.07) is 9.99. The molecule has 7 nitrogen and oxygen atoms in total. The van der Waals surface area contributed by atoms with Crippen LogP contribution in [-0.4, -0.2) is 39.2 Å². The number of carbonyl (C=O) groups is 2. The predicted molar refractivity (Wildman–Crippen MR) is 117 cm³/mol. The Bertz CT molecular complexity index is 876. The monoisotopic (exact) mass is 414 g/mol. The van der Waals surface area contributed by atoms with Gasteiger partial charge >= 0.3 is 0 Å². The Morgan fingerprint density at radius 3 is 1.87 bits per heavy atom. The molecule has 0 bridgehead atoms. The highest BCUT2D eigenvalue weighted by Crippen LogP contribution is 2.38. The second kappa shape index (κ2) is 9.52. The molecule has 2 amide bonds. The zero-order valence-corrected chi connectivity index (χ0v) is 18.6. The number of amides is 2. The third-order valence-corrected chi connectivity index (χ3v) is 4.69. The van der Waals surface area contributed by atoms with Crippen LogP contribution in [-0.2, 0) is 10.2 Å². The number of hydrogen-bond acceptors (Lipinski definition) is 5. The third kappa shape index (κ3) is 5.43. The standard InChI is InChI=1S/C23H30N2O5/c1-14(21(26)25-17-10-8-16(9-11-17)23(2,3)4)24-22(27)15-12-18(28-5)20(30-7)19(13-15)29-6/h8-14H,1-7H3,(H,24,27)(H,25,26)/t14-/m0/s1. The van der Waals surface area contributed by atoms with E-state index in [-0.39, 0.29) is 11.3 Å². The molecule has 30 heavy (non-hydrogen) atoms. The van der Waals surface area contributed by atoms with Crippen LogP contribution in [0.3, 0.4) is 0 Å².